The first-order chi connectivity index (χ1) is 34.2. The van der Waals surface area contributed by atoms with Crippen LogP contribution in [-0.4, -0.2) is 30.6 Å². The van der Waals surface area contributed by atoms with Gasteiger partial charge in [0.15, 0.2) is 0 Å². The normalized spacial score (nSPS) is 13.1. The van der Waals surface area contributed by atoms with Crippen LogP contribution in [0.15, 0.2) is 206 Å². The lowest BCUT2D eigenvalue weighted by atomic mass is 9.79. The van der Waals surface area contributed by atoms with Crippen molar-refractivity contribution in [1.82, 2.24) is 0 Å². The van der Waals surface area contributed by atoms with Crippen molar-refractivity contribution >= 4 is 64.6 Å². The number of hydrogen-bond acceptors (Lipinski definition) is 6. The Morgan fingerprint density at radius 1 is 0.229 bits per heavy atom. The maximum absolute atomic E-state index is 12.5. The number of hydrogen-bond donors (Lipinski definition) is 6. The van der Waals surface area contributed by atoms with Crippen molar-refractivity contribution in [3.8, 4) is 23.0 Å². The molecule has 70 heavy (non-hydrogen) atoms. The fraction of sp³-hybridized carbons (Fsp3) is 0.0625. The highest BCUT2D eigenvalue weighted by atomic mass is 16.3. The second kappa shape index (κ2) is 16.0. The van der Waals surface area contributed by atoms with Crippen LogP contribution in [0.1, 0.15) is 79.7 Å². The molecule has 0 aliphatic rings. The van der Waals surface area contributed by atoms with Crippen molar-refractivity contribution in [2.75, 3.05) is 0 Å². The van der Waals surface area contributed by atoms with Crippen LogP contribution < -0.4 is 0 Å². The molecule has 0 spiro atoms. The first-order valence-electron chi connectivity index (χ1n) is 23.5. The molecule has 13 aromatic carbocycles. The van der Waals surface area contributed by atoms with Gasteiger partial charge >= 0.3 is 0 Å². The lowest BCUT2D eigenvalue weighted by Gasteiger charge is -2.25. The first kappa shape index (κ1) is 41.5. The van der Waals surface area contributed by atoms with Gasteiger partial charge in [-0.25, -0.2) is 0 Å². The zero-order valence-electron chi connectivity index (χ0n) is 37.6. The molecule has 0 saturated carbocycles. The molecule has 6 heteroatoms. The lowest BCUT2D eigenvalue weighted by molar-refractivity contribution is 0.222. The minimum Gasteiger partial charge on any atom is -0.508 e. The Kier molecular flexibility index (Phi) is 9.46. The zero-order chi connectivity index (χ0) is 47.4. The number of aliphatic hydroxyl groups excluding tert-OH is 2. The summed E-state index contributed by atoms with van der Waals surface area (Å²) >= 11 is 0. The zero-order valence-corrected chi connectivity index (χ0v) is 37.6. The van der Waals surface area contributed by atoms with Crippen molar-refractivity contribution in [3.63, 3.8) is 0 Å². The monoisotopic (exact) mass is 908 g/mol. The number of phenolic OH excluding ortho intramolecular Hbond substituents is 4. The highest BCUT2D eigenvalue weighted by Gasteiger charge is 2.27. The minimum atomic E-state index is -0.942. The van der Waals surface area contributed by atoms with Gasteiger partial charge in [-0.15, -0.1) is 0 Å². The average Bonchev–Trinajstić information content (AvgIpc) is 3.40. The molecular weight excluding hydrogens is 865 g/mol. The Hall–Kier alpha value is -8.68. The van der Waals surface area contributed by atoms with Crippen LogP contribution >= 0.6 is 0 Å². The smallest absolute Gasteiger partial charge is 0.115 e. The van der Waals surface area contributed by atoms with Gasteiger partial charge in [0.2, 0.25) is 0 Å². The number of aromatic hydroxyl groups is 4. The molecule has 0 aliphatic carbocycles. The van der Waals surface area contributed by atoms with E-state index in [1.807, 2.05) is 72.8 Å². The summed E-state index contributed by atoms with van der Waals surface area (Å²) in [7, 11) is 0. The minimum absolute atomic E-state index is 0.172. The largest absolute Gasteiger partial charge is 0.508 e. The van der Waals surface area contributed by atoms with Gasteiger partial charge in [-0.2, -0.15) is 0 Å². The van der Waals surface area contributed by atoms with Crippen LogP contribution in [-0.2, 0) is 0 Å². The average molecular weight is 909 g/mol. The summed E-state index contributed by atoms with van der Waals surface area (Å²) < 4.78 is 0. The predicted octanol–water partition coefficient (Wildman–Crippen LogP) is 14.3. The van der Waals surface area contributed by atoms with Crippen LogP contribution in [0, 0.1) is 0 Å². The number of benzene rings is 13. The highest BCUT2D eigenvalue weighted by molar-refractivity contribution is 6.45. The molecule has 0 aromatic heterocycles. The van der Waals surface area contributed by atoms with E-state index in [4.69, 9.17) is 0 Å². The fourth-order valence-corrected chi connectivity index (χ4v) is 11.5. The Balaban J connectivity index is 0.927. The highest BCUT2D eigenvalue weighted by Crippen LogP contribution is 2.52. The molecular formula is C64H44O6. The Morgan fingerprint density at radius 2 is 0.457 bits per heavy atom. The molecule has 0 heterocycles. The van der Waals surface area contributed by atoms with E-state index >= 15 is 0 Å². The SMILES string of the molecule is Oc1ccc(C(c2ccc(O)cc2)c2ccc(C(O)c3cc4ccc5ccc6cc(C(O)c7ccc(C(c8ccc(O)cc8)c8ccc(O)cc8)cc7)c7ccc8ccc3c3c4c5c6c7c83)cc2)cc1. The predicted molar refractivity (Wildman–Crippen MR) is 280 cm³/mol. The standard InChI is InChI=1S/C64H44O6/c65-47-23-13-37(14-24-47)55(38-15-25-48(66)26-16-38)35-1-7-43(8-2-35)63(69)53-33-45-11-5-41-6-12-46-34-54(52-32-22-42-21-31-51(53)61-58(42)62(52)60(46)57(41)59(45)61)64(70)44-9-3-36(4-10-44)56(39-17-27-49(67)28-18-39)40-19-29-50(68)30-20-40/h1-34,55-56,63-70H. The molecule has 2 atom stereocenters. The molecule has 0 aliphatic heterocycles. The van der Waals surface area contributed by atoms with Gasteiger partial charge in [-0.1, -0.05) is 146 Å². The molecule has 6 N–H and O–H groups in total. The quantitative estimate of drug-likeness (QED) is 0.0462. The van der Waals surface area contributed by atoms with Gasteiger partial charge in [0.1, 0.15) is 35.2 Å². The van der Waals surface area contributed by atoms with Gasteiger partial charge in [-0.05, 0) is 181 Å². The molecule has 0 saturated heterocycles. The van der Waals surface area contributed by atoms with E-state index in [1.165, 1.54) is 16.2 Å². The van der Waals surface area contributed by atoms with E-state index in [9.17, 15) is 30.6 Å². The van der Waals surface area contributed by atoms with E-state index in [1.54, 1.807) is 48.5 Å². The van der Waals surface area contributed by atoms with Crippen LogP contribution in [0.2, 0.25) is 0 Å². The van der Waals surface area contributed by atoms with Crippen molar-refractivity contribution in [1.29, 1.82) is 0 Å². The van der Waals surface area contributed by atoms with Crippen LogP contribution in [0.3, 0.4) is 0 Å². The van der Waals surface area contributed by atoms with E-state index < -0.39 is 12.2 Å². The number of aliphatic hydroxyl groups is 2. The van der Waals surface area contributed by atoms with Gasteiger partial charge in [0, 0.05) is 11.8 Å². The van der Waals surface area contributed by atoms with Crippen LogP contribution in [0.5, 0.6) is 23.0 Å². The summed E-state index contributed by atoms with van der Waals surface area (Å²) in [5, 5.41) is 78.5. The number of phenols is 4. The molecule has 0 amide bonds. The lowest BCUT2D eigenvalue weighted by Crippen LogP contribution is -2.06. The molecule has 336 valence electrons. The second-order valence-electron chi connectivity index (χ2n) is 18.8. The van der Waals surface area contributed by atoms with Crippen LogP contribution in [0.25, 0.3) is 64.6 Å². The van der Waals surface area contributed by atoms with E-state index in [-0.39, 0.29) is 34.8 Å². The second-order valence-corrected chi connectivity index (χ2v) is 18.8. The summed E-state index contributed by atoms with van der Waals surface area (Å²) in [6.45, 7) is 0. The summed E-state index contributed by atoms with van der Waals surface area (Å²) in [5.41, 5.74) is 9.10. The summed E-state index contributed by atoms with van der Waals surface area (Å²) in [6, 6.07) is 66.6. The van der Waals surface area contributed by atoms with Crippen molar-refractivity contribution < 1.29 is 30.6 Å². The van der Waals surface area contributed by atoms with Gasteiger partial charge in [-0.3, -0.25) is 0 Å². The van der Waals surface area contributed by atoms with Crippen molar-refractivity contribution in [2.45, 2.75) is 24.0 Å². The van der Waals surface area contributed by atoms with Gasteiger partial charge in [0.05, 0.1) is 0 Å². The molecule has 0 radical (unpaired) electrons. The third-order valence-corrected chi connectivity index (χ3v) is 14.8. The van der Waals surface area contributed by atoms with Crippen molar-refractivity contribution in [2.24, 2.45) is 0 Å². The molecule has 13 aromatic rings. The third-order valence-electron chi connectivity index (χ3n) is 14.8. The Morgan fingerprint density at radius 3 is 0.771 bits per heavy atom. The first-order valence-corrected chi connectivity index (χ1v) is 23.5. The number of rotatable bonds is 10. The van der Waals surface area contributed by atoms with Crippen LogP contribution in [0.4, 0.5) is 0 Å². The van der Waals surface area contributed by atoms with Gasteiger partial charge in [0.25, 0.3) is 0 Å². The third kappa shape index (κ3) is 6.56. The molecule has 6 nitrogen and oxygen atoms in total. The Labute approximate surface area is 402 Å². The topological polar surface area (TPSA) is 121 Å². The van der Waals surface area contributed by atoms with E-state index in [0.29, 0.717) is 0 Å². The van der Waals surface area contributed by atoms with Gasteiger partial charge < -0.3 is 30.6 Å². The summed E-state index contributed by atoms with van der Waals surface area (Å²) in [4.78, 5) is 0. The molecule has 13 rings (SSSR count). The molecule has 0 fully saturated rings. The Bertz CT molecular complexity index is 3690. The molecule has 2 unspecified atom stereocenters. The summed E-state index contributed by atoms with van der Waals surface area (Å²) in [5.74, 6) is 0.410. The van der Waals surface area contributed by atoms with E-state index in [0.717, 1.165) is 104 Å². The fourth-order valence-electron chi connectivity index (χ4n) is 11.5. The maximum atomic E-state index is 12.5. The molecule has 0 bridgehead atoms. The van der Waals surface area contributed by atoms with Crippen molar-refractivity contribution in [3.05, 3.63) is 262 Å². The van der Waals surface area contributed by atoms with E-state index in [2.05, 4.69) is 84.9 Å². The summed E-state index contributed by atoms with van der Waals surface area (Å²) in [6.07, 6.45) is -1.88. The maximum Gasteiger partial charge on any atom is 0.115 e.